The number of nitrogens with two attached hydrogens (primary N) is 1. The van der Waals surface area contributed by atoms with Crippen LogP contribution in [0.1, 0.15) is 18.4 Å². The average molecular weight is 284 g/mol. The Balaban J connectivity index is 0.00000180. The van der Waals surface area contributed by atoms with E-state index in [2.05, 4.69) is 10.2 Å². The summed E-state index contributed by atoms with van der Waals surface area (Å²) >= 11 is 0. The second-order valence-electron chi connectivity index (χ2n) is 4.88. The largest absolute Gasteiger partial charge is 0.351 e. The third-order valence-corrected chi connectivity index (χ3v) is 3.33. The molecule has 4 nitrogen and oxygen atoms in total. The molecule has 0 saturated carbocycles. The van der Waals surface area contributed by atoms with E-state index in [0.29, 0.717) is 19.1 Å². The van der Waals surface area contributed by atoms with Crippen molar-refractivity contribution in [2.24, 2.45) is 5.73 Å². The van der Waals surface area contributed by atoms with Crippen LogP contribution >= 0.6 is 12.4 Å². The van der Waals surface area contributed by atoms with E-state index in [-0.39, 0.29) is 18.3 Å². The number of halogens is 1. The monoisotopic (exact) mass is 283 g/mol. The molecule has 1 amide bonds. The number of carbonyl (C=O) groups excluding carboxylic acids is 1. The van der Waals surface area contributed by atoms with Gasteiger partial charge in [-0.1, -0.05) is 30.3 Å². The van der Waals surface area contributed by atoms with Gasteiger partial charge in [0, 0.05) is 25.7 Å². The van der Waals surface area contributed by atoms with Crippen molar-refractivity contribution in [3.05, 3.63) is 35.9 Å². The van der Waals surface area contributed by atoms with Crippen LogP contribution in [-0.4, -0.2) is 36.5 Å². The van der Waals surface area contributed by atoms with Gasteiger partial charge in [-0.25, -0.2) is 0 Å². The fraction of sp³-hybridized carbons (Fsp3) is 0.500. The van der Waals surface area contributed by atoms with Crippen molar-refractivity contribution in [3.63, 3.8) is 0 Å². The number of likely N-dealkylation sites (tertiary alicyclic amines) is 1. The van der Waals surface area contributed by atoms with Crippen molar-refractivity contribution < 1.29 is 4.79 Å². The van der Waals surface area contributed by atoms with Crippen LogP contribution < -0.4 is 11.1 Å². The second-order valence-corrected chi connectivity index (χ2v) is 4.88. The highest BCUT2D eigenvalue weighted by molar-refractivity contribution is 5.85. The molecule has 2 rings (SSSR count). The molecule has 1 fully saturated rings. The Morgan fingerprint density at radius 1 is 1.26 bits per heavy atom. The summed E-state index contributed by atoms with van der Waals surface area (Å²) in [6.45, 7) is 2.95. The Labute approximate surface area is 120 Å². The number of piperidine rings is 1. The first-order valence-corrected chi connectivity index (χ1v) is 6.52. The standard InChI is InChI=1S/C14H21N3O.ClH/c15-13-6-8-17(9-7-13)11-14(18)16-10-12-4-2-1-3-5-12;/h1-5,13H,6-11,15H2,(H,16,18);1H. The zero-order valence-electron chi connectivity index (χ0n) is 11.0. The minimum Gasteiger partial charge on any atom is -0.351 e. The molecule has 106 valence electrons. The molecule has 3 N–H and O–H groups in total. The lowest BCUT2D eigenvalue weighted by molar-refractivity contribution is -0.122. The Bertz CT molecular complexity index is 378. The van der Waals surface area contributed by atoms with Gasteiger partial charge in [0.1, 0.15) is 0 Å². The summed E-state index contributed by atoms with van der Waals surface area (Å²) in [5, 5.41) is 2.95. The summed E-state index contributed by atoms with van der Waals surface area (Å²) in [6.07, 6.45) is 1.98. The molecule has 1 aromatic rings. The van der Waals surface area contributed by atoms with Crippen LogP contribution in [0.5, 0.6) is 0 Å². The Morgan fingerprint density at radius 2 is 1.89 bits per heavy atom. The van der Waals surface area contributed by atoms with E-state index in [1.54, 1.807) is 0 Å². The van der Waals surface area contributed by atoms with Crippen molar-refractivity contribution in [2.45, 2.75) is 25.4 Å². The SMILES string of the molecule is Cl.NC1CCN(CC(=O)NCc2ccccc2)CC1. The summed E-state index contributed by atoms with van der Waals surface area (Å²) < 4.78 is 0. The molecule has 1 aliphatic rings. The van der Waals surface area contributed by atoms with Gasteiger partial charge in [-0.05, 0) is 18.4 Å². The van der Waals surface area contributed by atoms with Gasteiger partial charge in [-0.15, -0.1) is 12.4 Å². The van der Waals surface area contributed by atoms with Crippen molar-refractivity contribution in [1.82, 2.24) is 10.2 Å². The predicted molar refractivity (Wildman–Crippen MR) is 79.2 cm³/mol. The van der Waals surface area contributed by atoms with Gasteiger partial charge in [0.2, 0.25) is 5.91 Å². The summed E-state index contributed by atoms with van der Waals surface area (Å²) in [7, 11) is 0. The molecule has 0 bridgehead atoms. The van der Waals surface area contributed by atoms with E-state index in [1.807, 2.05) is 30.3 Å². The zero-order chi connectivity index (χ0) is 12.8. The number of hydrogen-bond acceptors (Lipinski definition) is 3. The fourth-order valence-electron chi connectivity index (χ4n) is 2.17. The fourth-order valence-corrected chi connectivity index (χ4v) is 2.17. The second kappa shape index (κ2) is 8.15. The number of nitrogens with zero attached hydrogens (tertiary/aromatic N) is 1. The molecule has 0 spiro atoms. The molecule has 19 heavy (non-hydrogen) atoms. The van der Waals surface area contributed by atoms with Crippen molar-refractivity contribution >= 4 is 18.3 Å². The molecular formula is C14H22ClN3O. The molecule has 1 heterocycles. The Morgan fingerprint density at radius 3 is 2.53 bits per heavy atom. The first-order valence-electron chi connectivity index (χ1n) is 6.52. The zero-order valence-corrected chi connectivity index (χ0v) is 11.9. The molecule has 0 atom stereocenters. The van der Waals surface area contributed by atoms with E-state index in [0.717, 1.165) is 31.5 Å². The minimum atomic E-state index is 0. The highest BCUT2D eigenvalue weighted by Gasteiger charge is 2.17. The maximum absolute atomic E-state index is 11.8. The average Bonchev–Trinajstić information content (AvgIpc) is 2.40. The van der Waals surface area contributed by atoms with Crippen LogP contribution in [-0.2, 0) is 11.3 Å². The summed E-state index contributed by atoms with van der Waals surface area (Å²) in [5.74, 6) is 0.0920. The lowest BCUT2D eigenvalue weighted by Gasteiger charge is -2.29. The van der Waals surface area contributed by atoms with E-state index < -0.39 is 0 Å². The third-order valence-electron chi connectivity index (χ3n) is 3.33. The molecular weight excluding hydrogens is 262 g/mol. The van der Waals surface area contributed by atoms with E-state index in [9.17, 15) is 4.79 Å². The molecule has 5 heteroatoms. The number of nitrogens with one attached hydrogen (secondary N) is 1. The summed E-state index contributed by atoms with van der Waals surface area (Å²) in [6, 6.07) is 10.3. The van der Waals surface area contributed by atoms with E-state index in [1.165, 1.54) is 0 Å². The maximum Gasteiger partial charge on any atom is 0.234 e. The van der Waals surface area contributed by atoms with Gasteiger partial charge in [0.05, 0.1) is 6.54 Å². The normalized spacial score (nSPS) is 16.7. The predicted octanol–water partition coefficient (Wildman–Crippen LogP) is 1.15. The van der Waals surface area contributed by atoms with Crippen molar-refractivity contribution in [2.75, 3.05) is 19.6 Å². The Hall–Kier alpha value is -1.10. The van der Waals surface area contributed by atoms with Crippen LogP contribution in [0.2, 0.25) is 0 Å². The molecule has 0 radical (unpaired) electrons. The van der Waals surface area contributed by atoms with Crippen molar-refractivity contribution in [1.29, 1.82) is 0 Å². The van der Waals surface area contributed by atoms with Crippen LogP contribution in [0, 0.1) is 0 Å². The molecule has 1 aromatic carbocycles. The topological polar surface area (TPSA) is 58.4 Å². The van der Waals surface area contributed by atoms with Gasteiger partial charge in [0.25, 0.3) is 0 Å². The first-order chi connectivity index (χ1) is 8.74. The Kier molecular flexibility index (Phi) is 6.84. The minimum absolute atomic E-state index is 0. The molecule has 1 saturated heterocycles. The quantitative estimate of drug-likeness (QED) is 0.871. The number of amides is 1. The van der Waals surface area contributed by atoms with Gasteiger partial charge in [-0.3, -0.25) is 9.69 Å². The van der Waals surface area contributed by atoms with Gasteiger partial charge < -0.3 is 11.1 Å². The summed E-state index contributed by atoms with van der Waals surface area (Å²) in [5.41, 5.74) is 6.97. The van der Waals surface area contributed by atoms with Gasteiger partial charge in [0.15, 0.2) is 0 Å². The number of rotatable bonds is 4. The van der Waals surface area contributed by atoms with E-state index in [4.69, 9.17) is 5.73 Å². The highest BCUT2D eigenvalue weighted by atomic mass is 35.5. The van der Waals surface area contributed by atoms with Crippen LogP contribution in [0.3, 0.4) is 0 Å². The lowest BCUT2D eigenvalue weighted by atomic mass is 10.1. The third kappa shape index (κ3) is 5.59. The van der Waals surface area contributed by atoms with Gasteiger partial charge >= 0.3 is 0 Å². The maximum atomic E-state index is 11.8. The highest BCUT2D eigenvalue weighted by Crippen LogP contribution is 2.07. The molecule has 1 aliphatic heterocycles. The number of benzene rings is 1. The number of hydrogen-bond donors (Lipinski definition) is 2. The lowest BCUT2D eigenvalue weighted by Crippen LogP contribution is -2.44. The van der Waals surface area contributed by atoms with Crippen molar-refractivity contribution in [3.8, 4) is 0 Å². The molecule has 0 unspecified atom stereocenters. The molecule has 0 aromatic heterocycles. The van der Waals surface area contributed by atoms with Crippen LogP contribution in [0.15, 0.2) is 30.3 Å². The van der Waals surface area contributed by atoms with Gasteiger partial charge in [-0.2, -0.15) is 0 Å². The first kappa shape index (κ1) is 16.0. The number of carbonyl (C=O) groups is 1. The smallest absolute Gasteiger partial charge is 0.234 e. The van der Waals surface area contributed by atoms with Crippen LogP contribution in [0.25, 0.3) is 0 Å². The van der Waals surface area contributed by atoms with Crippen LogP contribution in [0.4, 0.5) is 0 Å². The molecule has 0 aliphatic carbocycles. The summed E-state index contributed by atoms with van der Waals surface area (Å²) in [4.78, 5) is 14.0. The van der Waals surface area contributed by atoms with E-state index >= 15 is 0 Å².